The normalized spacial score (nSPS) is 13.4. The fourth-order valence-electron chi connectivity index (χ4n) is 3.41. The highest BCUT2D eigenvalue weighted by Crippen LogP contribution is 2.36. The Morgan fingerprint density at radius 1 is 1.17 bits per heavy atom. The van der Waals surface area contributed by atoms with E-state index in [1.54, 1.807) is 0 Å². The van der Waals surface area contributed by atoms with Gasteiger partial charge in [0, 0.05) is 34.4 Å². The lowest BCUT2D eigenvalue weighted by Gasteiger charge is -2.29. The van der Waals surface area contributed by atoms with Gasteiger partial charge in [-0.05, 0) is 44.5 Å². The van der Waals surface area contributed by atoms with E-state index in [2.05, 4.69) is 41.8 Å². The van der Waals surface area contributed by atoms with Crippen LogP contribution in [-0.2, 0) is 16.1 Å². The van der Waals surface area contributed by atoms with E-state index in [-0.39, 0.29) is 5.97 Å². The Morgan fingerprint density at radius 3 is 2.50 bits per heavy atom. The monoisotopic (exact) mass is 324 g/mol. The van der Waals surface area contributed by atoms with E-state index in [4.69, 9.17) is 10.5 Å². The second-order valence-electron chi connectivity index (χ2n) is 6.73. The first-order valence-corrected chi connectivity index (χ1v) is 8.26. The van der Waals surface area contributed by atoms with Gasteiger partial charge in [0.25, 0.3) is 0 Å². The van der Waals surface area contributed by atoms with Gasteiger partial charge in [0.1, 0.15) is 0 Å². The minimum atomic E-state index is -0.786. The predicted molar refractivity (Wildman–Crippen MR) is 97.8 cm³/mol. The fraction of sp³-hybridized carbons (Fsp3) is 0.350. The number of aromatic nitrogens is 1. The van der Waals surface area contributed by atoms with Crippen LogP contribution in [0, 0.1) is 5.41 Å². The van der Waals surface area contributed by atoms with Crippen LogP contribution in [0.5, 0.6) is 0 Å². The summed E-state index contributed by atoms with van der Waals surface area (Å²) >= 11 is 0. The fourth-order valence-corrected chi connectivity index (χ4v) is 3.41. The van der Waals surface area contributed by atoms with Crippen molar-refractivity contribution in [2.24, 2.45) is 11.1 Å². The van der Waals surface area contributed by atoms with Crippen LogP contribution in [0.4, 0.5) is 0 Å². The van der Waals surface area contributed by atoms with Gasteiger partial charge < -0.3 is 15.0 Å². The topological polar surface area (TPSA) is 57.2 Å². The zero-order valence-corrected chi connectivity index (χ0v) is 14.7. The Morgan fingerprint density at radius 2 is 1.83 bits per heavy atom. The Hall–Kier alpha value is -2.33. The number of carbonyl (C=O) groups excluding carboxylic acids is 1. The third-order valence-corrected chi connectivity index (χ3v) is 4.96. The van der Waals surface area contributed by atoms with Gasteiger partial charge in [-0.2, -0.15) is 0 Å². The largest absolute Gasteiger partial charge is 0.469 e. The number of methoxy groups -OCH3 is 1. The van der Waals surface area contributed by atoms with E-state index in [1.807, 2.05) is 26.0 Å². The van der Waals surface area contributed by atoms with E-state index in [0.29, 0.717) is 0 Å². The molecule has 0 aliphatic rings. The number of hydrogen-bond donors (Lipinski definition) is 1. The van der Waals surface area contributed by atoms with Gasteiger partial charge in [0.05, 0.1) is 12.5 Å². The Labute approximate surface area is 142 Å². The second kappa shape index (κ2) is 5.95. The lowest BCUT2D eigenvalue weighted by molar-refractivity contribution is -0.152. The molecule has 0 radical (unpaired) electrons. The number of esters is 1. The van der Waals surface area contributed by atoms with Crippen LogP contribution < -0.4 is 5.73 Å². The van der Waals surface area contributed by atoms with Gasteiger partial charge in [-0.1, -0.05) is 24.3 Å². The number of para-hydroxylation sites is 1. The van der Waals surface area contributed by atoms with Crippen LogP contribution in [-0.4, -0.2) is 17.6 Å². The molecule has 0 fully saturated rings. The third kappa shape index (κ3) is 2.38. The van der Waals surface area contributed by atoms with Gasteiger partial charge >= 0.3 is 5.97 Å². The highest BCUT2D eigenvalue weighted by molar-refractivity contribution is 6.08. The quantitative estimate of drug-likeness (QED) is 0.738. The number of fused-ring (bicyclic) bond motifs is 3. The maximum Gasteiger partial charge on any atom is 0.313 e. The number of ether oxygens (including phenoxy) is 1. The van der Waals surface area contributed by atoms with Crippen molar-refractivity contribution < 1.29 is 9.53 Å². The van der Waals surface area contributed by atoms with E-state index >= 15 is 0 Å². The molecular formula is C20H24N2O2. The average molecular weight is 324 g/mol. The molecule has 0 aliphatic heterocycles. The van der Waals surface area contributed by atoms with Crippen LogP contribution in [0.15, 0.2) is 42.5 Å². The zero-order valence-electron chi connectivity index (χ0n) is 14.7. The Kier molecular flexibility index (Phi) is 4.10. The molecule has 0 saturated heterocycles. The van der Waals surface area contributed by atoms with Crippen molar-refractivity contribution in [1.29, 1.82) is 0 Å². The molecule has 0 amide bonds. The minimum Gasteiger partial charge on any atom is -0.469 e. The number of nitrogens with zero attached hydrogens (tertiary/aromatic N) is 1. The van der Waals surface area contributed by atoms with Gasteiger partial charge in [0.15, 0.2) is 0 Å². The van der Waals surface area contributed by atoms with E-state index in [9.17, 15) is 4.79 Å². The van der Waals surface area contributed by atoms with Crippen LogP contribution in [0.2, 0.25) is 0 Å². The molecule has 1 heterocycles. The smallest absolute Gasteiger partial charge is 0.313 e. The molecule has 0 aliphatic carbocycles. The number of benzene rings is 2. The molecule has 0 saturated carbocycles. The molecular weight excluding hydrogens is 300 g/mol. The number of rotatable bonds is 4. The molecule has 1 aromatic heterocycles. The highest BCUT2D eigenvalue weighted by Gasteiger charge is 2.36. The average Bonchev–Trinajstić information content (AvgIpc) is 2.93. The number of aryl methyl sites for hydroxylation is 1. The SMILES string of the molecule is CCn1c2ccccc2c2cc([C@@H](N)C(C)(C)C(=O)OC)ccc21. The molecule has 24 heavy (non-hydrogen) atoms. The predicted octanol–water partition coefficient (Wildman–Crippen LogP) is 4.01. The standard InChI is InChI=1S/C20H24N2O2/c1-5-22-16-9-7-6-8-14(16)15-12-13(10-11-17(15)22)18(21)20(2,3)19(23)24-4/h6-12,18H,5,21H2,1-4H3/t18-/m1/s1. The van der Waals surface area contributed by atoms with Crippen molar-refractivity contribution in [2.75, 3.05) is 7.11 Å². The lowest BCUT2D eigenvalue weighted by atomic mass is 9.81. The maximum atomic E-state index is 12.1. The summed E-state index contributed by atoms with van der Waals surface area (Å²) in [6.07, 6.45) is 0. The Bertz CT molecular complexity index is 909. The molecule has 1 atom stereocenters. The van der Waals surface area contributed by atoms with Gasteiger partial charge in [0.2, 0.25) is 0 Å². The third-order valence-electron chi connectivity index (χ3n) is 4.96. The molecule has 2 aromatic carbocycles. The molecule has 4 heteroatoms. The van der Waals surface area contributed by atoms with Crippen LogP contribution >= 0.6 is 0 Å². The first-order valence-electron chi connectivity index (χ1n) is 8.26. The molecule has 0 unspecified atom stereocenters. The highest BCUT2D eigenvalue weighted by atomic mass is 16.5. The summed E-state index contributed by atoms with van der Waals surface area (Å²) in [6, 6.07) is 14.2. The van der Waals surface area contributed by atoms with E-state index < -0.39 is 11.5 Å². The van der Waals surface area contributed by atoms with E-state index in [0.717, 1.165) is 12.1 Å². The van der Waals surface area contributed by atoms with Gasteiger partial charge in [-0.3, -0.25) is 4.79 Å². The van der Waals surface area contributed by atoms with Crippen molar-refractivity contribution >= 4 is 27.8 Å². The van der Waals surface area contributed by atoms with Crippen molar-refractivity contribution in [3.63, 3.8) is 0 Å². The molecule has 2 N–H and O–H groups in total. The first kappa shape index (κ1) is 16.5. The minimum absolute atomic E-state index is 0.300. The molecule has 0 spiro atoms. The molecule has 4 nitrogen and oxygen atoms in total. The zero-order chi connectivity index (χ0) is 17.5. The summed E-state index contributed by atoms with van der Waals surface area (Å²) < 4.78 is 7.21. The molecule has 3 aromatic rings. The summed E-state index contributed by atoms with van der Waals surface area (Å²) in [5.74, 6) is -0.300. The van der Waals surface area contributed by atoms with Crippen LogP contribution in [0.25, 0.3) is 21.8 Å². The summed E-state index contributed by atoms with van der Waals surface area (Å²) in [5, 5.41) is 2.38. The summed E-state index contributed by atoms with van der Waals surface area (Å²) in [5.41, 5.74) is 8.97. The van der Waals surface area contributed by atoms with E-state index in [1.165, 1.54) is 28.9 Å². The number of nitrogens with two attached hydrogens (primary N) is 1. The summed E-state index contributed by atoms with van der Waals surface area (Å²) in [4.78, 5) is 12.1. The molecule has 126 valence electrons. The Balaban J connectivity index is 2.19. The van der Waals surface area contributed by atoms with Crippen molar-refractivity contribution in [2.45, 2.75) is 33.4 Å². The number of carbonyl (C=O) groups is 1. The molecule has 3 rings (SSSR count). The van der Waals surface area contributed by atoms with Crippen molar-refractivity contribution in [3.8, 4) is 0 Å². The van der Waals surface area contributed by atoms with Gasteiger partial charge in [-0.15, -0.1) is 0 Å². The van der Waals surface area contributed by atoms with Crippen LogP contribution in [0.1, 0.15) is 32.4 Å². The van der Waals surface area contributed by atoms with Crippen LogP contribution in [0.3, 0.4) is 0 Å². The molecule has 0 bridgehead atoms. The lowest BCUT2D eigenvalue weighted by Crippen LogP contribution is -2.37. The van der Waals surface area contributed by atoms with Crippen molar-refractivity contribution in [1.82, 2.24) is 4.57 Å². The first-order chi connectivity index (χ1) is 11.4. The summed E-state index contributed by atoms with van der Waals surface area (Å²) in [7, 11) is 1.40. The van der Waals surface area contributed by atoms with Gasteiger partial charge in [-0.25, -0.2) is 0 Å². The number of hydrogen-bond acceptors (Lipinski definition) is 3. The summed E-state index contributed by atoms with van der Waals surface area (Å²) in [6.45, 7) is 6.70. The maximum absolute atomic E-state index is 12.1. The van der Waals surface area contributed by atoms with Crippen molar-refractivity contribution in [3.05, 3.63) is 48.0 Å². The second-order valence-corrected chi connectivity index (χ2v) is 6.73.